The Morgan fingerprint density at radius 3 is 2.42 bits per heavy atom. The molecule has 5 rings (SSSR count). The number of thiocarbonyl (C=S) groups is 1. The van der Waals surface area contributed by atoms with Crippen LogP contribution in [0.3, 0.4) is 0 Å². The normalized spacial score (nSPS) is 17.7. The van der Waals surface area contributed by atoms with E-state index in [9.17, 15) is 9.90 Å². The topological polar surface area (TPSA) is 70.4 Å². The molecular weight excluding hydrogens is 432 g/mol. The second kappa shape index (κ2) is 8.88. The Kier molecular flexibility index (Phi) is 5.62. The number of aromatic nitrogens is 2. The molecule has 1 aliphatic heterocycles. The van der Waals surface area contributed by atoms with Crippen molar-refractivity contribution in [2.24, 2.45) is 0 Å². The van der Waals surface area contributed by atoms with Gasteiger partial charge in [-0.2, -0.15) is 0 Å². The fourth-order valence-electron chi connectivity index (χ4n) is 4.31. The second-order valence-electron chi connectivity index (χ2n) is 7.90. The molecule has 0 bridgehead atoms. The van der Waals surface area contributed by atoms with Gasteiger partial charge in [-0.25, -0.2) is 4.79 Å². The molecule has 7 heteroatoms. The Balaban J connectivity index is 1.58. The number of carboxylic acid groups (broad SMARTS) is 1. The lowest BCUT2D eigenvalue weighted by Gasteiger charge is -2.29. The minimum absolute atomic E-state index is 0.109. The maximum Gasteiger partial charge on any atom is 0.335 e. The lowest BCUT2D eigenvalue weighted by Crippen LogP contribution is -2.30. The van der Waals surface area contributed by atoms with Gasteiger partial charge in [0.05, 0.1) is 23.3 Å². The van der Waals surface area contributed by atoms with Crippen molar-refractivity contribution in [1.29, 1.82) is 0 Å². The third-order valence-corrected chi connectivity index (χ3v) is 6.22. The zero-order valence-electron chi connectivity index (χ0n) is 17.7. The van der Waals surface area contributed by atoms with Gasteiger partial charge in [0.15, 0.2) is 5.11 Å². The van der Waals surface area contributed by atoms with E-state index in [0.717, 1.165) is 22.6 Å². The van der Waals surface area contributed by atoms with Crippen LogP contribution in [0.5, 0.6) is 0 Å². The van der Waals surface area contributed by atoms with Crippen molar-refractivity contribution in [3.63, 3.8) is 0 Å². The first kappa shape index (κ1) is 20.9. The van der Waals surface area contributed by atoms with Crippen LogP contribution in [0, 0.1) is 0 Å². The van der Waals surface area contributed by atoms with Gasteiger partial charge in [-0.3, -0.25) is 4.98 Å². The van der Waals surface area contributed by atoms with Crippen LogP contribution in [0.15, 0.2) is 97.3 Å². The fraction of sp³-hybridized carbons (Fsp3) is 0.115. The number of pyridine rings is 1. The van der Waals surface area contributed by atoms with Crippen LogP contribution < -0.4 is 5.32 Å². The average molecular weight is 455 g/mol. The standard InChI is InChI=1S/C26H22N4O2S/c31-25(32)19-11-13-20(14-12-19)29-16-6-10-22(29)24-23(21-9-4-5-15-27-21)28-26(33)30(24)17-18-7-2-1-3-8-18/h1-16,23-24H,17H2,(H,28,33)(H,31,32)/t23-,24+/m1/s1. The molecule has 0 spiro atoms. The van der Waals surface area contributed by atoms with Gasteiger partial charge in [0.2, 0.25) is 0 Å². The SMILES string of the molecule is O=C(O)c1ccc(-n2cccc2[C@H]2[C@@H](c3ccccn3)NC(=S)N2Cc2ccccc2)cc1. The highest BCUT2D eigenvalue weighted by Crippen LogP contribution is 2.40. The van der Waals surface area contributed by atoms with E-state index >= 15 is 0 Å². The van der Waals surface area contributed by atoms with Crippen LogP contribution in [0.4, 0.5) is 0 Å². The minimum atomic E-state index is -0.941. The quantitative estimate of drug-likeness (QED) is 0.410. The number of aromatic carboxylic acids is 1. The Hall–Kier alpha value is -3.97. The van der Waals surface area contributed by atoms with Crippen molar-refractivity contribution in [2.75, 3.05) is 0 Å². The Morgan fingerprint density at radius 1 is 0.970 bits per heavy atom. The van der Waals surface area contributed by atoms with Crippen molar-refractivity contribution < 1.29 is 9.90 Å². The summed E-state index contributed by atoms with van der Waals surface area (Å²) in [6, 6.07) is 26.9. The smallest absolute Gasteiger partial charge is 0.335 e. The monoisotopic (exact) mass is 454 g/mol. The van der Waals surface area contributed by atoms with E-state index in [4.69, 9.17) is 12.2 Å². The van der Waals surface area contributed by atoms with Gasteiger partial charge in [-0.15, -0.1) is 0 Å². The van der Waals surface area contributed by atoms with Crippen molar-refractivity contribution in [3.8, 4) is 5.69 Å². The largest absolute Gasteiger partial charge is 0.478 e. The first-order valence-electron chi connectivity index (χ1n) is 10.6. The maximum absolute atomic E-state index is 11.3. The number of hydrogen-bond donors (Lipinski definition) is 2. The zero-order chi connectivity index (χ0) is 22.8. The summed E-state index contributed by atoms with van der Waals surface area (Å²) in [5.74, 6) is -0.941. The summed E-state index contributed by atoms with van der Waals surface area (Å²) in [7, 11) is 0. The van der Waals surface area contributed by atoms with Gasteiger partial charge < -0.3 is 19.9 Å². The molecule has 0 aliphatic carbocycles. The van der Waals surface area contributed by atoms with Gasteiger partial charge in [-0.05, 0) is 66.3 Å². The predicted octanol–water partition coefficient (Wildman–Crippen LogP) is 4.74. The molecule has 4 aromatic rings. The predicted molar refractivity (Wildman–Crippen MR) is 130 cm³/mol. The van der Waals surface area contributed by atoms with Gasteiger partial charge in [0.1, 0.15) is 0 Å². The molecule has 0 saturated carbocycles. The molecule has 1 saturated heterocycles. The summed E-state index contributed by atoms with van der Waals surface area (Å²) >= 11 is 5.79. The first-order valence-corrected chi connectivity index (χ1v) is 11.1. The van der Waals surface area contributed by atoms with E-state index < -0.39 is 5.97 Å². The van der Waals surface area contributed by atoms with Gasteiger partial charge in [-0.1, -0.05) is 36.4 Å². The highest BCUT2D eigenvalue weighted by Gasteiger charge is 2.41. The van der Waals surface area contributed by atoms with E-state index in [-0.39, 0.29) is 17.6 Å². The summed E-state index contributed by atoms with van der Waals surface area (Å²) in [6.07, 6.45) is 3.78. The molecular formula is C26H22N4O2S. The summed E-state index contributed by atoms with van der Waals surface area (Å²) < 4.78 is 2.08. The van der Waals surface area contributed by atoms with E-state index in [0.29, 0.717) is 11.7 Å². The molecule has 1 aliphatic rings. The van der Waals surface area contributed by atoms with Crippen molar-refractivity contribution in [2.45, 2.75) is 18.6 Å². The van der Waals surface area contributed by atoms with E-state index in [1.54, 1.807) is 18.3 Å². The molecule has 2 aromatic heterocycles. The molecule has 33 heavy (non-hydrogen) atoms. The zero-order valence-corrected chi connectivity index (χ0v) is 18.5. The lowest BCUT2D eigenvalue weighted by molar-refractivity contribution is 0.0697. The van der Waals surface area contributed by atoms with Gasteiger partial charge in [0, 0.05) is 30.3 Å². The fourth-order valence-corrected chi connectivity index (χ4v) is 4.62. The third kappa shape index (κ3) is 4.10. The number of carboxylic acids is 1. The van der Waals surface area contributed by atoms with Crippen LogP contribution in [-0.2, 0) is 6.54 Å². The molecule has 2 aromatic carbocycles. The highest BCUT2D eigenvalue weighted by atomic mass is 32.1. The van der Waals surface area contributed by atoms with Crippen LogP contribution in [0.25, 0.3) is 5.69 Å². The Labute approximate surface area is 197 Å². The van der Waals surface area contributed by atoms with Gasteiger partial charge >= 0.3 is 5.97 Å². The van der Waals surface area contributed by atoms with E-state index in [2.05, 4.69) is 38.0 Å². The van der Waals surface area contributed by atoms with Crippen LogP contribution in [0.2, 0.25) is 0 Å². The molecule has 1 fully saturated rings. The molecule has 0 unspecified atom stereocenters. The molecule has 2 atom stereocenters. The molecule has 0 radical (unpaired) electrons. The average Bonchev–Trinajstić information content (AvgIpc) is 3.45. The van der Waals surface area contributed by atoms with Crippen LogP contribution in [-0.4, -0.2) is 30.6 Å². The molecule has 164 valence electrons. The number of nitrogens with one attached hydrogen (secondary N) is 1. The third-order valence-electron chi connectivity index (χ3n) is 5.87. The minimum Gasteiger partial charge on any atom is -0.478 e. The number of hydrogen-bond acceptors (Lipinski definition) is 3. The number of benzene rings is 2. The lowest BCUT2D eigenvalue weighted by atomic mass is 10.0. The molecule has 6 nitrogen and oxygen atoms in total. The second-order valence-corrected chi connectivity index (χ2v) is 8.28. The molecule has 0 amide bonds. The Bertz CT molecular complexity index is 1270. The molecule has 2 N–H and O–H groups in total. The highest BCUT2D eigenvalue weighted by molar-refractivity contribution is 7.80. The van der Waals surface area contributed by atoms with Crippen molar-refractivity contribution >= 4 is 23.3 Å². The number of rotatable bonds is 6. The van der Waals surface area contributed by atoms with E-state index in [1.807, 2.05) is 60.8 Å². The van der Waals surface area contributed by atoms with Crippen molar-refractivity contribution in [1.82, 2.24) is 19.8 Å². The Morgan fingerprint density at radius 2 is 1.73 bits per heavy atom. The number of carbonyl (C=O) groups is 1. The van der Waals surface area contributed by atoms with Crippen LogP contribution in [0.1, 0.15) is 39.4 Å². The van der Waals surface area contributed by atoms with Gasteiger partial charge in [0.25, 0.3) is 0 Å². The summed E-state index contributed by atoms with van der Waals surface area (Å²) in [6.45, 7) is 0.657. The summed E-state index contributed by atoms with van der Waals surface area (Å²) in [4.78, 5) is 18.1. The number of nitrogens with zero attached hydrogens (tertiary/aromatic N) is 3. The van der Waals surface area contributed by atoms with Crippen LogP contribution >= 0.6 is 12.2 Å². The first-order chi connectivity index (χ1) is 16.1. The summed E-state index contributed by atoms with van der Waals surface area (Å²) in [5.41, 5.74) is 4.26. The van der Waals surface area contributed by atoms with E-state index in [1.165, 1.54) is 0 Å². The maximum atomic E-state index is 11.3. The summed E-state index contributed by atoms with van der Waals surface area (Å²) in [5, 5.41) is 13.4. The van der Waals surface area contributed by atoms with Crippen molar-refractivity contribution in [3.05, 3.63) is 120 Å². The molecule has 3 heterocycles.